The van der Waals surface area contributed by atoms with Crippen LogP contribution in [-0.2, 0) is 17.3 Å². The Labute approximate surface area is 125 Å². The number of nitrogens with zero attached hydrogens (tertiary/aromatic N) is 1. The Balaban J connectivity index is 2.24. The molecule has 0 fully saturated rings. The number of halogens is 3. The molecule has 0 aliphatic rings. The van der Waals surface area contributed by atoms with Gasteiger partial charge in [0.15, 0.2) is 0 Å². The summed E-state index contributed by atoms with van der Waals surface area (Å²) in [4.78, 5) is 18.6. The summed E-state index contributed by atoms with van der Waals surface area (Å²) in [6.07, 6.45) is -3.28. The second kappa shape index (κ2) is 6.48. The number of benzene rings is 1. The molecule has 0 saturated heterocycles. The highest BCUT2D eigenvalue weighted by Gasteiger charge is 2.30. The largest absolute Gasteiger partial charge is 0.416 e. The number of hydrogen-bond donors (Lipinski definition) is 1. The highest BCUT2D eigenvalue weighted by atomic mass is 19.4. The first kappa shape index (κ1) is 16.5. The zero-order chi connectivity index (χ0) is 16.3. The van der Waals surface area contributed by atoms with Gasteiger partial charge in [0.1, 0.15) is 5.82 Å². The fourth-order valence-corrected chi connectivity index (χ4v) is 2.04. The van der Waals surface area contributed by atoms with Gasteiger partial charge in [-0.05, 0) is 38.5 Å². The van der Waals surface area contributed by atoms with Crippen LogP contribution < -0.4 is 5.56 Å². The number of aromatic nitrogens is 2. The van der Waals surface area contributed by atoms with Gasteiger partial charge in [-0.2, -0.15) is 13.2 Å². The van der Waals surface area contributed by atoms with Crippen molar-refractivity contribution in [3.8, 4) is 0 Å². The van der Waals surface area contributed by atoms with Gasteiger partial charge in [-0.15, -0.1) is 0 Å². The van der Waals surface area contributed by atoms with E-state index in [1.54, 1.807) is 0 Å². The van der Waals surface area contributed by atoms with Gasteiger partial charge in [-0.3, -0.25) is 4.79 Å². The second-order valence-electron chi connectivity index (χ2n) is 5.27. The average Bonchev–Trinajstić information content (AvgIpc) is 2.42. The first-order valence-electron chi connectivity index (χ1n) is 6.99. The Morgan fingerprint density at radius 2 is 2.05 bits per heavy atom. The van der Waals surface area contributed by atoms with Crippen molar-refractivity contribution in [2.45, 2.75) is 39.0 Å². The van der Waals surface area contributed by atoms with Crippen molar-refractivity contribution >= 4 is 10.9 Å². The quantitative estimate of drug-likeness (QED) is 0.862. The number of aromatic amines is 1. The van der Waals surface area contributed by atoms with E-state index in [-0.39, 0.29) is 17.0 Å². The van der Waals surface area contributed by atoms with Crippen LogP contribution in [0.3, 0.4) is 0 Å². The lowest BCUT2D eigenvalue weighted by atomic mass is 10.1. The summed E-state index contributed by atoms with van der Waals surface area (Å²) in [7, 11) is 0. The van der Waals surface area contributed by atoms with Crippen molar-refractivity contribution in [3.63, 3.8) is 0 Å². The molecule has 2 rings (SSSR count). The minimum Gasteiger partial charge on any atom is -0.379 e. The third kappa shape index (κ3) is 4.07. The number of H-pyrrole nitrogens is 1. The van der Waals surface area contributed by atoms with Crippen LogP contribution >= 0.6 is 0 Å². The van der Waals surface area contributed by atoms with E-state index in [1.165, 1.54) is 0 Å². The van der Waals surface area contributed by atoms with Crippen LogP contribution in [0.25, 0.3) is 10.9 Å². The molecule has 2 aromatic rings. The van der Waals surface area contributed by atoms with Crippen LogP contribution in [-0.4, -0.2) is 22.7 Å². The lowest BCUT2D eigenvalue weighted by Gasteiger charge is -2.09. The fourth-order valence-electron chi connectivity index (χ4n) is 2.04. The molecule has 1 N–H and O–H groups in total. The summed E-state index contributed by atoms with van der Waals surface area (Å²) in [6, 6.07) is 2.93. The monoisotopic (exact) mass is 314 g/mol. The van der Waals surface area contributed by atoms with Crippen molar-refractivity contribution in [2.24, 2.45) is 0 Å². The van der Waals surface area contributed by atoms with Crippen LogP contribution in [0.2, 0.25) is 0 Å². The van der Waals surface area contributed by atoms with Crippen LogP contribution in [0.1, 0.15) is 31.7 Å². The maximum atomic E-state index is 12.7. The van der Waals surface area contributed by atoms with Crippen molar-refractivity contribution in [1.82, 2.24) is 9.97 Å². The van der Waals surface area contributed by atoms with Crippen LogP contribution in [0.5, 0.6) is 0 Å². The SMILES string of the molecule is CC(C)OCCCc1nc2cc(C(F)(F)F)ccc2c(=O)[nH]1. The number of alkyl halides is 3. The van der Waals surface area contributed by atoms with E-state index in [1.807, 2.05) is 13.8 Å². The van der Waals surface area contributed by atoms with Gasteiger partial charge in [0.05, 0.1) is 22.6 Å². The minimum atomic E-state index is -4.45. The lowest BCUT2D eigenvalue weighted by molar-refractivity contribution is -0.137. The molecule has 0 spiro atoms. The molecule has 1 aromatic carbocycles. The molecular formula is C15H17F3N2O2. The zero-order valence-corrected chi connectivity index (χ0v) is 12.3. The molecule has 1 heterocycles. The average molecular weight is 314 g/mol. The van der Waals surface area contributed by atoms with Crippen molar-refractivity contribution in [2.75, 3.05) is 6.61 Å². The van der Waals surface area contributed by atoms with Gasteiger partial charge in [0.2, 0.25) is 0 Å². The molecule has 0 aliphatic carbocycles. The minimum absolute atomic E-state index is 0.0540. The normalized spacial score (nSPS) is 12.3. The standard InChI is InChI=1S/C15H17F3N2O2/c1-9(2)22-7-3-4-13-19-12-8-10(15(16,17)18)5-6-11(12)14(21)20-13/h5-6,8-9H,3-4,7H2,1-2H3,(H,19,20,21). The number of ether oxygens (including phenoxy) is 1. The summed E-state index contributed by atoms with van der Waals surface area (Å²) < 4.78 is 43.5. The van der Waals surface area contributed by atoms with Crippen LogP contribution in [0.4, 0.5) is 13.2 Å². The van der Waals surface area contributed by atoms with Gasteiger partial charge in [-0.25, -0.2) is 4.98 Å². The summed E-state index contributed by atoms with van der Waals surface area (Å²) in [6.45, 7) is 4.33. The molecule has 0 bridgehead atoms. The molecule has 120 valence electrons. The molecule has 4 nitrogen and oxygen atoms in total. The first-order valence-corrected chi connectivity index (χ1v) is 6.99. The Morgan fingerprint density at radius 1 is 1.32 bits per heavy atom. The molecule has 0 radical (unpaired) electrons. The van der Waals surface area contributed by atoms with Crippen molar-refractivity contribution in [3.05, 3.63) is 39.9 Å². The van der Waals surface area contributed by atoms with Gasteiger partial charge < -0.3 is 9.72 Å². The molecular weight excluding hydrogens is 297 g/mol. The number of fused-ring (bicyclic) bond motifs is 1. The third-order valence-electron chi connectivity index (χ3n) is 3.09. The predicted molar refractivity (Wildman–Crippen MR) is 76.8 cm³/mol. The molecule has 0 unspecified atom stereocenters. The number of aryl methyl sites for hydroxylation is 1. The van der Waals surface area contributed by atoms with E-state index >= 15 is 0 Å². The second-order valence-corrected chi connectivity index (χ2v) is 5.27. The Hall–Kier alpha value is -1.89. The third-order valence-corrected chi connectivity index (χ3v) is 3.09. The van der Waals surface area contributed by atoms with Gasteiger partial charge in [0.25, 0.3) is 5.56 Å². The number of nitrogens with one attached hydrogen (secondary N) is 1. The van der Waals surface area contributed by atoms with E-state index in [9.17, 15) is 18.0 Å². The summed E-state index contributed by atoms with van der Waals surface area (Å²) >= 11 is 0. The van der Waals surface area contributed by atoms with Crippen LogP contribution in [0.15, 0.2) is 23.0 Å². The topological polar surface area (TPSA) is 55.0 Å². The number of hydrogen-bond acceptors (Lipinski definition) is 3. The van der Waals surface area contributed by atoms with E-state index in [4.69, 9.17) is 4.74 Å². The first-order chi connectivity index (χ1) is 10.3. The molecule has 0 atom stereocenters. The Morgan fingerprint density at radius 3 is 2.68 bits per heavy atom. The molecule has 7 heteroatoms. The smallest absolute Gasteiger partial charge is 0.379 e. The molecule has 22 heavy (non-hydrogen) atoms. The number of rotatable bonds is 5. The summed E-state index contributed by atoms with van der Waals surface area (Å²) in [5.74, 6) is 0.365. The molecule has 0 aliphatic heterocycles. The molecule has 0 amide bonds. The van der Waals surface area contributed by atoms with Gasteiger partial charge in [-0.1, -0.05) is 0 Å². The van der Waals surface area contributed by atoms with E-state index < -0.39 is 17.3 Å². The summed E-state index contributed by atoms with van der Waals surface area (Å²) in [5.41, 5.74) is -1.19. The van der Waals surface area contributed by atoms with E-state index in [0.717, 1.165) is 18.2 Å². The Bertz CT molecular complexity index is 708. The highest BCUT2D eigenvalue weighted by molar-refractivity contribution is 5.78. The van der Waals surface area contributed by atoms with Crippen molar-refractivity contribution in [1.29, 1.82) is 0 Å². The fraction of sp³-hybridized carbons (Fsp3) is 0.467. The summed E-state index contributed by atoms with van der Waals surface area (Å²) in [5, 5.41) is 0.148. The van der Waals surface area contributed by atoms with Gasteiger partial charge >= 0.3 is 6.18 Å². The Kier molecular flexibility index (Phi) is 4.85. The zero-order valence-electron chi connectivity index (χ0n) is 12.3. The van der Waals surface area contributed by atoms with E-state index in [0.29, 0.717) is 25.3 Å². The maximum absolute atomic E-state index is 12.7. The van der Waals surface area contributed by atoms with Gasteiger partial charge in [0, 0.05) is 13.0 Å². The highest BCUT2D eigenvalue weighted by Crippen LogP contribution is 2.30. The van der Waals surface area contributed by atoms with E-state index in [2.05, 4.69) is 9.97 Å². The van der Waals surface area contributed by atoms with Crippen LogP contribution in [0, 0.1) is 0 Å². The predicted octanol–water partition coefficient (Wildman–Crippen LogP) is 3.30. The lowest BCUT2D eigenvalue weighted by Crippen LogP contribution is -2.14. The molecule has 1 aromatic heterocycles. The maximum Gasteiger partial charge on any atom is 0.416 e. The molecule has 0 saturated carbocycles. The van der Waals surface area contributed by atoms with Crippen molar-refractivity contribution < 1.29 is 17.9 Å².